The van der Waals surface area contributed by atoms with E-state index >= 15 is 0 Å². The monoisotopic (exact) mass is 383 g/mol. The first-order valence-electron chi connectivity index (χ1n) is 9.05. The molecule has 4 rings (SSSR count). The number of hydrogen-bond acceptors (Lipinski definition) is 5. The van der Waals surface area contributed by atoms with Gasteiger partial charge in [0.25, 0.3) is 5.56 Å². The highest BCUT2D eigenvalue weighted by Gasteiger charge is 2.41. The number of hydrogen-bond donors (Lipinski definition) is 4. The molecule has 8 heteroatoms. The number of nitrogens with one attached hydrogen (secondary N) is 3. The molecule has 2 heterocycles. The third kappa shape index (κ3) is 3.49. The van der Waals surface area contributed by atoms with Crippen LogP contribution in [0.25, 0.3) is 11.2 Å². The third-order valence-electron chi connectivity index (χ3n) is 5.14. The van der Waals surface area contributed by atoms with Crippen LogP contribution in [0.3, 0.4) is 0 Å². The van der Waals surface area contributed by atoms with Crippen molar-refractivity contribution >= 4 is 29.7 Å². The highest BCUT2D eigenvalue weighted by atomic mass is 32.1. The molecule has 1 saturated carbocycles. The van der Waals surface area contributed by atoms with E-state index in [1.54, 1.807) is 0 Å². The number of H-pyrrole nitrogens is 2. The Kier molecular flexibility index (Phi) is 4.73. The average molecular weight is 383 g/mol. The van der Waals surface area contributed by atoms with Crippen LogP contribution >= 0.6 is 12.6 Å². The number of fused-ring (bicyclic) bond motifs is 1. The molecule has 0 bridgehead atoms. The van der Waals surface area contributed by atoms with E-state index in [1.165, 1.54) is 6.33 Å². The third-order valence-corrected chi connectivity index (χ3v) is 5.55. The van der Waals surface area contributed by atoms with Crippen LogP contribution in [0, 0.1) is 0 Å². The van der Waals surface area contributed by atoms with Crippen LogP contribution in [-0.4, -0.2) is 31.1 Å². The lowest BCUT2D eigenvalue weighted by atomic mass is 9.96. The molecule has 1 aliphatic rings. The lowest BCUT2D eigenvalue weighted by Gasteiger charge is -2.29. The molecular weight excluding hydrogens is 362 g/mol. The molecule has 3 aromatic rings. The normalized spacial score (nSPS) is 17.1. The zero-order valence-corrected chi connectivity index (χ0v) is 15.6. The van der Waals surface area contributed by atoms with Gasteiger partial charge in [0, 0.05) is 0 Å². The van der Waals surface area contributed by atoms with Gasteiger partial charge in [0.15, 0.2) is 11.2 Å². The molecule has 2 aromatic heterocycles. The summed E-state index contributed by atoms with van der Waals surface area (Å²) in [6, 6.07) is 9.82. The molecule has 1 amide bonds. The standard InChI is InChI=1S/C19H21N5O2S/c25-16(13(27)10-12-6-2-1-3-7-12)24-19(8-4-5-9-19)18-22-14-15(23-18)20-11-21-17(14)26/h1-3,6-7,11,13,27H,4-5,8-10H2,(H,24,25)(H2,20,21,22,23,26). The average Bonchev–Trinajstić information content (AvgIpc) is 3.31. The zero-order valence-electron chi connectivity index (χ0n) is 14.7. The molecular formula is C19H21N5O2S. The summed E-state index contributed by atoms with van der Waals surface area (Å²) in [6.07, 6.45) is 5.39. The largest absolute Gasteiger partial charge is 0.342 e. The van der Waals surface area contributed by atoms with Crippen molar-refractivity contribution < 1.29 is 4.79 Å². The van der Waals surface area contributed by atoms with Gasteiger partial charge in [-0.3, -0.25) is 9.59 Å². The van der Waals surface area contributed by atoms with Crippen molar-refractivity contribution in [2.75, 3.05) is 0 Å². The molecule has 0 saturated heterocycles. The number of thiol groups is 1. The Morgan fingerprint density at radius 2 is 2.00 bits per heavy atom. The molecule has 0 spiro atoms. The Morgan fingerprint density at radius 3 is 2.70 bits per heavy atom. The number of carbonyl (C=O) groups is 1. The SMILES string of the molecule is O=C(NC1(c2nc3c(=O)[nH]cnc3[nH]2)CCCC1)C(S)Cc1ccccc1. The number of aromatic amines is 2. The van der Waals surface area contributed by atoms with Crippen LogP contribution in [0.15, 0.2) is 41.5 Å². The maximum absolute atomic E-state index is 12.9. The molecule has 140 valence electrons. The zero-order chi connectivity index (χ0) is 18.9. The number of imidazole rings is 1. The van der Waals surface area contributed by atoms with Crippen molar-refractivity contribution in [3.05, 3.63) is 58.4 Å². The van der Waals surface area contributed by atoms with Gasteiger partial charge in [0.1, 0.15) is 5.82 Å². The molecule has 1 fully saturated rings. The summed E-state index contributed by atoms with van der Waals surface area (Å²) in [4.78, 5) is 39.1. The van der Waals surface area contributed by atoms with E-state index in [0.717, 1.165) is 31.2 Å². The van der Waals surface area contributed by atoms with Crippen molar-refractivity contribution in [2.24, 2.45) is 0 Å². The lowest BCUT2D eigenvalue weighted by Crippen LogP contribution is -2.48. The minimum atomic E-state index is -0.609. The van der Waals surface area contributed by atoms with Crippen molar-refractivity contribution in [1.29, 1.82) is 0 Å². The smallest absolute Gasteiger partial charge is 0.278 e. The van der Waals surface area contributed by atoms with Crippen LogP contribution in [-0.2, 0) is 16.8 Å². The molecule has 3 N–H and O–H groups in total. The minimum Gasteiger partial charge on any atom is -0.342 e. The summed E-state index contributed by atoms with van der Waals surface area (Å²) in [5.41, 5.74) is 0.855. The predicted octanol–water partition coefficient (Wildman–Crippen LogP) is 2.07. The van der Waals surface area contributed by atoms with Gasteiger partial charge in [-0.15, -0.1) is 0 Å². The summed E-state index contributed by atoms with van der Waals surface area (Å²) in [6.45, 7) is 0. The Balaban J connectivity index is 1.59. The van der Waals surface area contributed by atoms with E-state index in [4.69, 9.17) is 0 Å². The fraction of sp³-hybridized carbons (Fsp3) is 0.368. The second-order valence-electron chi connectivity index (χ2n) is 7.00. The first-order chi connectivity index (χ1) is 13.1. The van der Waals surface area contributed by atoms with Gasteiger partial charge >= 0.3 is 0 Å². The number of nitrogens with zero attached hydrogens (tertiary/aromatic N) is 2. The maximum Gasteiger partial charge on any atom is 0.278 e. The van der Waals surface area contributed by atoms with Gasteiger partial charge < -0.3 is 15.3 Å². The topological polar surface area (TPSA) is 104 Å². The molecule has 0 aliphatic heterocycles. The van der Waals surface area contributed by atoms with Crippen molar-refractivity contribution in [3.8, 4) is 0 Å². The van der Waals surface area contributed by atoms with E-state index < -0.39 is 10.8 Å². The fourth-order valence-electron chi connectivity index (χ4n) is 3.71. The van der Waals surface area contributed by atoms with E-state index in [-0.39, 0.29) is 17.0 Å². The Bertz CT molecular complexity index is 1010. The fourth-order valence-corrected chi connectivity index (χ4v) is 3.99. The highest BCUT2D eigenvalue weighted by Crippen LogP contribution is 2.38. The Hall–Kier alpha value is -2.61. The summed E-state index contributed by atoms with van der Waals surface area (Å²) in [5, 5.41) is 2.70. The molecule has 1 unspecified atom stereocenters. The van der Waals surface area contributed by atoms with Crippen LogP contribution in [0.2, 0.25) is 0 Å². The summed E-state index contributed by atoms with van der Waals surface area (Å²) >= 11 is 4.52. The summed E-state index contributed by atoms with van der Waals surface area (Å²) in [5.74, 6) is 0.458. The number of amides is 1. The van der Waals surface area contributed by atoms with E-state index in [9.17, 15) is 9.59 Å². The van der Waals surface area contributed by atoms with Crippen LogP contribution < -0.4 is 10.9 Å². The summed E-state index contributed by atoms with van der Waals surface area (Å²) in [7, 11) is 0. The van der Waals surface area contributed by atoms with E-state index in [0.29, 0.717) is 17.9 Å². The van der Waals surface area contributed by atoms with Gasteiger partial charge in [-0.05, 0) is 24.8 Å². The minimum absolute atomic E-state index is 0.133. The molecule has 7 nitrogen and oxygen atoms in total. The van der Waals surface area contributed by atoms with Crippen LogP contribution in [0.5, 0.6) is 0 Å². The molecule has 1 atom stereocenters. The van der Waals surface area contributed by atoms with Crippen molar-refractivity contribution in [2.45, 2.75) is 42.9 Å². The number of aromatic nitrogens is 4. The van der Waals surface area contributed by atoms with Gasteiger partial charge in [0.05, 0.1) is 17.1 Å². The van der Waals surface area contributed by atoms with Gasteiger partial charge in [0.2, 0.25) is 5.91 Å². The van der Waals surface area contributed by atoms with Crippen LogP contribution in [0.1, 0.15) is 37.1 Å². The lowest BCUT2D eigenvalue weighted by molar-refractivity contribution is -0.122. The quantitative estimate of drug-likeness (QED) is 0.506. The number of rotatable bonds is 5. The number of benzene rings is 1. The molecule has 0 radical (unpaired) electrons. The predicted molar refractivity (Wildman–Crippen MR) is 106 cm³/mol. The summed E-state index contributed by atoms with van der Waals surface area (Å²) < 4.78 is 0. The van der Waals surface area contributed by atoms with E-state index in [2.05, 4.69) is 37.9 Å². The van der Waals surface area contributed by atoms with Gasteiger partial charge in [-0.2, -0.15) is 12.6 Å². The molecule has 1 aromatic carbocycles. The molecule has 27 heavy (non-hydrogen) atoms. The number of carbonyl (C=O) groups excluding carboxylic acids is 1. The first-order valence-corrected chi connectivity index (χ1v) is 9.57. The molecule has 1 aliphatic carbocycles. The van der Waals surface area contributed by atoms with Gasteiger partial charge in [-0.1, -0.05) is 43.2 Å². The highest BCUT2D eigenvalue weighted by molar-refractivity contribution is 7.81. The first kappa shape index (κ1) is 17.8. The Morgan fingerprint density at radius 1 is 1.26 bits per heavy atom. The van der Waals surface area contributed by atoms with Crippen molar-refractivity contribution in [3.63, 3.8) is 0 Å². The van der Waals surface area contributed by atoms with Crippen LogP contribution in [0.4, 0.5) is 0 Å². The van der Waals surface area contributed by atoms with E-state index in [1.807, 2.05) is 30.3 Å². The second kappa shape index (κ2) is 7.19. The van der Waals surface area contributed by atoms with Gasteiger partial charge in [-0.25, -0.2) is 9.97 Å². The Labute approximate surface area is 161 Å². The second-order valence-corrected chi connectivity index (χ2v) is 7.62. The maximum atomic E-state index is 12.9. The van der Waals surface area contributed by atoms with Crippen molar-refractivity contribution in [1.82, 2.24) is 25.3 Å².